The van der Waals surface area contributed by atoms with Crippen LogP contribution in [0.5, 0.6) is 11.5 Å². The molecule has 0 fully saturated rings. The average molecular weight is 499 g/mol. The summed E-state index contributed by atoms with van der Waals surface area (Å²) < 4.78 is 17.6. The van der Waals surface area contributed by atoms with Crippen LogP contribution in [0.4, 0.5) is 5.69 Å². The molecule has 0 saturated heterocycles. The number of aromatic amines is 1. The maximum atomic E-state index is 12.8. The zero-order valence-electron chi connectivity index (χ0n) is 20.0. The number of methoxy groups -OCH3 is 1. The van der Waals surface area contributed by atoms with E-state index in [2.05, 4.69) is 35.5 Å². The maximum Gasteiger partial charge on any atom is 0.350 e. The molecule has 3 aromatic heterocycles. The highest BCUT2D eigenvalue weighted by Crippen LogP contribution is 2.39. The number of nitrogens with one attached hydrogen (secondary N) is 2. The third-order valence-electron chi connectivity index (χ3n) is 5.96. The van der Waals surface area contributed by atoms with Crippen LogP contribution in [0.2, 0.25) is 0 Å². The van der Waals surface area contributed by atoms with Crippen molar-refractivity contribution in [2.75, 3.05) is 19.0 Å². The fourth-order valence-corrected chi connectivity index (χ4v) is 4.23. The SMILES string of the molecule is COc1cc(C(Nc2ccc(-c3noc(C)n3)cc2)c2nn(-c3ncccn3)c(=O)[nH]2)cc2c1OCC2. The van der Waals surface area contributed by atoms with E-state index in [1.807, 2.05) is 36.4 Å². The first-order valence-corrected chi connectivity index (χ1v) is 11.6. The number of fused-ring (bicyclic) bond motifs is 1. The van der Waals surface area contributed by atoms with Gasteiger partial charge < -0.3 is 19.3 Å². The average Bonchev–Trinajstić information content (AvgIpc) is 3.67. The van der Waals surface area contributed by atoms with Crippen molar-refractivity contribution in [3.8, 4) is 28.8 Å². The molecule has 1 atom stereocenters. The molecule has 0 aliphatic carbocycles. The zero-order chi connectivity index (χ0) is 25.4. The second kappa shape index (κ2) is 9.22. The van der Waals surface area contributed by atoms with Crippen molar-refractivity contribution in [3.05, 3.63) is 88.2 Å². The first-order valence-electron chi connectivity index (χ1n) is 11.6. The second-order valence-corrected chi connectivity index (χ2v) is 8.38. The molecule has 0 spiro atoms. The lowest BCUT2D eigenvalue weighted by molar-refractivity contribution is 0.326. The van der Waals surface area contributed by atoms with Gasteiger partial charge in [-0.3, -0.25) is 4.98 Å². The molecule has 0 bridgehead atoms. The Kier molecular flexibility index (Phi) is 5.60. The van der Waals surface area contributed by atoms with Gasteiger partial charge in [-0.05, 0) is 48.0 Å². The van der Waals surface area contributed by atoms with Gasteiger partial charge in [0.15, 0.2) is 17.3 Å². The summed E-state index contributed by atoms with van der Waals surface area (Å²) in [6.07, 6.45) is 3.86. The van der Waals surface area contributed by atoms with Crippen molar-refractivity contribution in [1.29, 1.82) is 0 Å². The molecule has 0 amide bonds. The van der Waals surface area contributed by atoms with Crippen molar-refractivity contribution in [2.24, 2.45) is 0 Å². The Balaban J connectivity index is 1.41. The molecule has 2 N–H and O–H groups in total. The van der Waals surface area contributed by atoms with E-state index in [0.717, 1.165) is 39.2 Å². The molecular formula is C25H22N8O4. The lowest BCUT2D eigenvalue weighted by Crippen LogP contribution is -2.18. The standard InChI is InChI=1S/C25H22N8O4/c1-14-28-22(32-37-14)15-4-6-18(7-5-15)29-20(17-12-16-8-11-36-21(16)19(13-17)35-2)23-30-25(34)33(31-23)24-26-9-3-10-27-24/h3-7,9-10,12-13,20,29H,8,11H2,1-2H3,(H,30,31,34). The van der Waals surface area contributed by atoms with Crippen LogP contribution in [0.1, 0.15) is 28.9 Å². The fraction of sp³-hybridized carbons (Fsp3) is 0.200. The summed E-state index contributed by atoms with van der Waals surface area (Å²) in [5.74, 6) is 2.92. The number of hydrogen-bond donors (Lipinski definition) is 2. The molecule has 2 aromatic carbocycles. The molecule has 0 radical (unpaired) electrons. The van der Waals surface area contributed by atoms with Gasteiger partial charge in [0.2, 0.25) is 11.7 Å². The summed E-state index contributed by atoms with van der Waals surface area (Å²) in [7, 11) is 1.60. The Morgan fingerprint density at radius 2 is 1.97 bits per heavy atom. The van der Waals surface area contributed by atoms with E-state index in [1.54, 1.807) is 32.5 Å². The van der Waals surface area contributed by atoms with Crippen LogP contribution >= 0.6 is 0 Å². The number of hydrogen-bond acceptors (Lipinski definition) is 10. The van der Waals surface area contributed by atoms with Crippen molar-refractivity contribution < 1.29 is 14.0 Å². The van der Waals surface area contributed by atoms with Crippen molar-refractivity contribution in [3.63, 3.8) is 0 Å². The first-order chi connectivity index (χ1) is 18.1. The molecule has 37 heavy (non-hydrogen) atoms. The highest BCUT2D eigenvalue weighted by molar-refractivity contribution is 5.61. The number of nitrogens with zero attached hydrogens (tertiary/aromatic N) is 6. The molecular weight excluding hydrogens is 476 g/mol. The third-order valence-corrected chi connectivity index (χ3v) is 5.96. The quantitative estimate of drug-likeness (QED) is 0.343. The minimum atomic E-state index is -0.532. The number of rotatable bonds is 7. The van der Waals surface area contributed by atoms with Gasteiger partial charge in [0.25, 0.3) is 5.95 Å². The van der Waals surface area contributed by atoms with Crippen molar-refractivity contribution in [1.82, 2.24) is 34.9 Å². The molecule has 186 valence electrons. The monoisotopic (exact) mass is 498 g/mol. The van der Waals surface area contributed by atoms with Crippen LogP contribution in [0.25, 0.3) is 17.3 Å². The van der Waals surface area contributed by atoms with E-state index < -0.39 is 11.7 Å². The summed E-state index contributed by atoms with van der Waals surface area (Å²) in [5.41, 5.74) is 3.02. The van der Waals surface area contributed by atoms with Gasteiger partial charge in [0.05, 0.1) is 13.7 Å². The lowest BCUT2D eigenvalue weighted by atomic mass is 10.0. The normalized spacial score (nSPS) is 13.1. The van der Waals surface area contributed by atoms with Crippen LogP contribution in [-0.2, 0) is 6.42 Å². The Morgan fingerprint density at radius 3 is 2.70 bits per heavy atom. The molecule has 5 aromatic rings. The number of benzene rings is 2. The van der Waals surface area contributed by atoms with Gasteiger partial charge in [-0.15, -0.1) is 9.78 Å². The van der Waals surface area contributed by atoms with Gasteiger partial charge in [0.1, 0.15) is 6.04 Å². The van der Waals surface area contributed by atoms with Gasteiger partial charge >= 0.3 is 5.69 Å². The minimum Gasteiger partial charge on any atom is -0.493 e. The summed E-state index contributed by atoms with van der Waals surface area (Å²) >= 11 is 0. The number of ether oxygens (including phenoxy) is 2. The van der Waals surface area contributed by atoms with Gasteiger partial charge in [-0.1, -0.05) is 5.16 Å². The third kappa shape index (κ3) is 4.29. The van der Waals surface area contributed by atoms with Gasteiger partial charge in [-0.2, -0.15) is 4.98 Å². The number of aryl methyl sites for hydroxylation is 1. The largest absolute Gasteiger partial charge is 0.493 e. The highest BCUT2D eigenvalue weighted by Gasteiger charge is 2.26. The maximum absolute atomic E-state index is 12.8. The van der Waals surface area contributed by atoms with Gasteiger partial charge in [0, 0.05) is 42.6 Å². The Bertz CT molecular complexity index is 1610. The van der Waals surface area contributed by atoms with Gasteiger partial charge in [-0.25, -0.2) is 14.8 Å². The van der Waals surface area contributed by atoms with Crippen LogP contribution in [-0.4, -0.2) is 48.6 Å². The highest BCUT2D eigenvalue weighted by atomic mass is 16.5. The molecule has 6 rings (SSSR count). The Morgan fingerprint density at radius 1 is 1.16 bits per heavy atom. The number of aromatic nitrogens is 7. The Labute approximate surface area is 210 Å². The molecule has 0 saturated carbocycles. The molecule has 1 aliphatic heterocycles. The predicted molar refractivity (Wildman–Crippen MR) is 132 cm³/mol. The second-order valence-electron chi connectivity index (χ2n) is 8.38. The summed E-state index contributed by atoms with van der Waals surface area (Å²) in [6, 6.07) is 12.6. The molecule has 4 heterocycles. The first kappa shape index (κ1) is 22.5. The number of anilines is 1. The van der Waals surface area contributed by atoms with E-state index in [9.17, 15) is 4.79 Å². The fourth-order valence-electron chi connectivity index (χ4n) is 4.23. The molecule has 1 aliphatic rings. The summed E-state index contributed by atoms with van der Waals surface area (Å²) in [6.45, 7) is 2.33. The van der Waals surface area contributed by atoms with Crippen LogP contribution in [0.3, 0.4) is 0 Å². The predicted octanol–water partition coefficient (Wildman–Crippen LogP) is 2.85. The summed E-state index contributed by atoms with van der Waals surface area (Å²) in [5, 5.41) is 12.0. The summed E-state index contributed by atoms with van der Waals surface area (Å²) in [4.78, 5) is 28.2. The van der Waals surface area contributed by atoms with E-state index in [1.165, 1.54) is 0 Å². The van der Waals surface area contributed by atoms with Crippen LogP contribution < -0.4 is 20.5 Å². The van der Waals surface area contributed by atoms with Crippen LogP contribution in [0, 0.1) is 6.92 Å². The van der Waals surface area contributed by atoms with Crippen molar-refractivity contribution in [2.45, 2.75) is 19.4 Å². The lowest BCUT2D eigenvalue weighted by Gasteiger charge is -2.20. The van der Waals surface area contributed by atoms with E-state index >= 15 is 0 Å². The topological polar surface area (TPSA) is 146 Å². The van der Waals surface area contributed by atoms with Crippen molar-refractivity contribution >= 4 is 5.69 Å². The molecule has 1 unspecified atom stereocenters. The van der Waals surface area contributed by atoms with E-state index in [-0.39, 0.29) is 5.95 Å². The van der Waals surface area contributed by atoms with Crippen LogP contribution in [0.15, 0.2) is 64.2 Å². The molecule has 12 heteroatoms. The zero-order valence-corrected chi connectivity index (χ0v) is 20.0. The smallest absolute Gasteiger partial charge is 0.350 e. The Hall–Kier alpha value is -5.00. The van der Waals surface area contributed by atoms with E-state index in [0.29, 0.717) is 29.9 Å². The number of H-pyrrole nitrogens is 1. The van der Waals surface area contributed by atoms with E-state index in [4.69, 9.17) is 14.0 Å². The minimum absolute atomic E-state index is 0.174. The molecule has 12 nitrogen and oxygen atoms in total.